The standard InChI is InChI=1S/C49H32N2O2/c52-44-19-10-20-45(53)48(44)36-27-28-40-41(30-36)47(35-26-21-31-11-4-5-12-34(31)29-35)39-16-7-6-15-38(39)46(40)32-22-24-33(25-23-32)49-50-42-17-8-9-18-43(42)51(49)37-13-2-1-3-14-37/h1-30,52-53H. The molecule has 0 bridgehead atoms. The van der Waals surface area contributed by atoms with Gasteiger partial charge in [0.05, 0.1) is 16.6 Å². The van der Waals surface area contributed by atoms with E-state index < -0.39 is 0 Å². The van der Waals surface area contributed by atoms with E-state index in [9.17, 15) is 10.2 Å². The van der Waals surface area contributed by atoms with Crippen molar-refractivity contribution < 1.29 is 10.2 Å². The first kappa shape index (κ1) is 30.6. The van der Waals surface area contributed by atoms with Crippen LogP contribution in [0.5, 0.6) is 11.5 Å². The van der Waals surface area contributed by atoms with Crippen LogP contribution in [0.4, 0.5) is 0 Å². The Labute approximate surface area is 306 Å². The lowest BCUT2D eigenvalue weighted by atomic mass is 9.84. The number of nitrogens with zero attached hydrogens (tertiary/aromatic N) is 2. The maximum Gasteiger partial charge on any atom is 0.145 e. The van der Waals surface area contributed by atoms with Crippen LogP contribution in [-0.2, 0) is 0 Å². The summed E-state index contributed by atoms with van der Waals surface area (Å²) in [4.78, 5) is 5.10. The summed E-state index contributed by atoms with van der Waals surface area (Å²) in [5, 5.41) is 28.6. The highest BCUT2D eigenvalue weighted by Crippen LogP contribution is 2.47. The lowest BCUT2D eigenvalue weighted by Crippen LogP contribution is -1.97. The van der Waals surface area contributed by atoms with Gasteiger partial charge in [-0.25, -0.2) is 4.98 Å². The molecule has 9 aromatic carbocycles. The molecular weight excluding hydrogens is 649 g/mol. The van der Waals surface area contributed by atoms with Gasteiger partial charge in [0.25, 0.3) is 0 Å². The number of aromatic nitrogens is 2. The van der Waals surface area contributed by atoms with Gasteiger partial charge in [-0.1, -0.05) is 133 Å². The average Bonchev–Trinajstić information content (AvgIpc) is 3.60. The molecule has 10 rings (SSSR count). The number of para-hydroxylation sites is 3. The van der Waals surface area contributed by atoms with Crippen molar-refractivity contribution in [1.29, 1.82) is 0 Å². The number of phenolic OH excluding ortho intramolecular Hbond substituents is 2. The molecule has 0 atom stereocenters. The van der Waals surface area contributed by atoms with Gasteiger partial charge in [0, 0.05) is 11.3 Å². The van der Waals surface area contributed by atoms with Gasteiger partial charge in [-0.15, -0.1) is 0 Å². The number of phenols is 2. The Kier molecular flexibility index (Phi) is 7.08. The van der Waals surface area contributed by atoms with Gasteiger partial charge in [0.1, 0.15) is 17.3 Å². The zero-order valence-electron chi connectivity index (χ0n) is 28.6. The highest BCUT2D eigenvalue weighted by atomic mass is 16.3. The summed E-state index contributed by atoms with van der Waals surface area (Å²) in [5.74, 6) is 0.960. The third kappa shape index (κ3) is 5.03. The first-order chi connectivity index (χ1) is 26.1. The fourth-order valence-electron chi connectivity index (χ4n) is 7.97. The monoisotopic (exact) mass is 680 g/mol. The Bertz CT molecular complexity index is 3000. The van der Waals surface area contributed by atoms with E-state index in [1.165, 1.54) is 5.39 Å². The van der Waals surface area contributed by atoms with E-state index in [1.807, 2.05) is 18.2 Å². The smallest absolute Gasteiger partial charge is 0.145 e. The number of hydrogen-bond acceptors (Lipinski definition) is 3. The Balaban J connectivity index is 1.22. The first-order valence-electron chi connectivity index (χ1n) is 17.7. The van der Waals surface area contributed by atoms with Gasteiger partial charge in [-0.3, -0.25) is 4.57 Å². The van der Waals surface area contributed by atoms with E-state index in [4.69, 9.17) is 4.98 Å². The molecule has 4 nitrogen and oxygen atoms in total. The van der Waals surface area contributed by atoms with E-state index >= 15 is 0 Å². The minimum Gasteiger partial charge on any atom is -0.507 e. The van der Waals surface area contributed by atoms with Crippen molar-refractivity contribution in [3.8, 4) is 62.0 Å². The van der Waals surface area contributed by atoms with Crippen LogP contribution in [0.25, 0.3) is 93.8 Å². The van der Waals surface area contributed by atoms with Gasteiger partial charge < -0.3 is 10.2 Å². The molecule has 10 aromatic rings. The lowest BCUT2D eigenvalue weighted by molar-refractivity contribution is 0.454. The summed E-state index contributed by atoms with van der Waals surface area (Å²) in [6.45, 7) is 0. The second-order valence-electron chi connectivity index (χ2n) is 13.5. The number of aromatic hydroxyl groups is 2. The Hall–Kier alpha value is -7.17. The van der Waals surface area contributed by atoms with Crippen LogP contribution in [0.15, 0.2) is 182 Å². The second-order valence-corrected chi connectivity index (χ2v) is 13.5. The highest BCUT2D eigenvalue weighted by Gasteiger charge is 2.20. The third-order valence-corrected chi connectivity index (χ3v) is 10.4. The van der Waals surface area contributed by atoms with Gasteiger partial charge in [-0.2, -0.15) is 0 Å². The molecule has 0 amide bonds. The molecule has 0 saturated heterocycles. The van der Waals surface area contributed by atoms with E-state index in [2.05, 4.69) is 150 Å². The molecule has 0 radical (unpaired) electrons. The van der Waals surface area contributed by atoms with Gasteiger partial charge in [-0.05, 0) is 109 Å². The quantitative estimate of drug-likeness (QED) is 0.178. The van der Waals surface area contributed by atoms with Crippen molar-refractivity contribution in [2.45, 2.75) is 0 Å². The number of fused-ring (bicyclic) bond motifs is 4. The van der Waals surface area contributed by atoms with Crippen LogP contribution in [0.1, 0.15) is 0 Å². The van der Waals surface area contributed by atoms with Crippen molar-refractivity contribution >= 4 is 43.4 Å². The van der Waals surface area contributed by atoms with E-state index in [0.717, 1.165) is 82.9 Å². The molecule has 0 aliphatic heterocycles. The summed E-state index contributed by atoms with van der Waals surface area (Å²) in [6, 6.07) is 62.2. The van der Waals surface area contributed by atoms with Crippen molar-refractivity contribution in [3.63, 3.8) is 0 Å². The van der Waals surface area contributed by atoms with E-state index in [-0.39, 0.29) is 11.5 Å². The maximum absolute atomic E-state index is 10.9. The van der Waals surface area contributed by atoms with Gasteiger partial charge in [0.2, 0.25) is 0 Å². The van der Waals surface area contributed by atoms with Gasteiger partial charge >= 0.3 is 0 Å². The third-order valence-electron chi connectivity index (χ3n) is 10.4. The molecule has 0 aliphatic carbocycles. The zero-order chi connectivity index (χ0) is 35.5. The van der Waals surface area contributed by atoms with Crippen LogP contribution in [0.3, 0.4) is 0 Å². The number of benzene rings is 9. The number of hydrogen-bond donors (Lipinski definition) is 2. The summed E-state index contributed by atoms with van der Waals surface area (Å²) in [7, 11) is 0. The molecule has 53 heavy (non-hydrogen) atoms. The fraction of sp³-hybridized carbons (Fsp3) is 0. The summed E-state index contributed by atoms with van der Waals surface area (Å²) in [5.41, 5.74) is 9.66. The van der Waals surface area contributed by atoms with Crippen molar-refractivity contribution in [3.05, 3.63) is 182 Å². The molecular formula is C49H32N2O2. The van der Waals surface area contributed by atoms with Gasteiger partial charge in [0.15, 0.2) is 0 Å². The second kappa shape index (κ2) is 12.3. The van der Waals surface area contributed by atoms with Crippen LogP contribution in [0, 0.1) is 0 Å². The number of rotatable bonds is 5. The van der Waals surface area contributed by atoms with Crippen LogP contribution < -0.4 is 0 Å². The van der Waals surface area contributed by atoms with Crippen LogP contribution >= 0.6 is 0 Å². The number of imidazole rings is 1. The van der Waals surface area contributed by atoms with Crippen LogP contribution in [-0.4, -0.2) is 19.8 Å². The SMILES string of the molecule is Oc1cccc(O)c1-c1ccc2c(-c3ccc(-c4nc5ccccc5n4-c4ccccc4)cc3)c3ccccc3c(-c3ccc4ccccc4c3)c2c1. The van der Waals surface area contributed by atoms with Crippen LogP contribution in [0.2, 0.25) is 0 Å². The normalized spacial score (nSPS) is 11.5. The van der Waals surface area contributed by atoms with E-state index in [1.54, 1.807) is 18.2 Å². The minimum atomic E-state index is 0.0368. The fourth-order valence-corrected chi connectivity index (χ4v) is 7.97. The molecule has 1 aromatic heterocycles. The van der Waals surface area contributed by atoms with Crippen molar-refractivity contribution in [1.82, 2.24) is 9.55 Å². The molecule has 4 heteroatoms. The molecule has 1 heterocycles. The minimum absolute atomic E-state index is 0.0368. The molecule has 250 valence electrons. The predicted octanol–water partition coefficient (Wildman–Crippen LogP) is 12.6. The average molecular weight is 681 g/mol. The van der Waals surface area contributed by atoms with E-state index in [0.29, 0.717) is 5.56 Å². The summed E-state index contributed by atoms with van der Waals surface area (Å²) < 4.78 is 2.23. The molecule has 0 aliphatic rings. The van der Waals surface area contributed by atoms with Crippen molar-refractivity contribution in [2.24, 2.45) is 0 Å². The highest BCUT2D eigenvalue weighted by molar-refractivity contribution is 6.22. The Morgan fingerprint density at radius 2 is 0.943 bits per heavy atom. The largest absolute Gasteiger partial charge is 0.507 e. The molecule has 0 fully saturated rings. The Morgan fingerprint density at radius 1 is 0.377 bits per heavy atom. The molecule has 2 N–H and O–H groups in total. The maximum atomic E-state index is 10.9. The zero-order valence-corrected chi connectivity index (χ0v) is 28.6. The topological polar surface area (TPSA) is 58.3 Å². The Morgan fingerprint density at radius 3 is 1.72 bits per heavy atom. The predicted molar refractivity (Wildman–Crippen MR) is 219 cm³/mol. The lowest BCUT2D eigenvalue weighted by Gasteiger charge is -2.19. The molecule has 0 unspecified atom stereocenters. The molecule has 0 spiro atoms. The van der Waals surface area contributed by atoms with Crippen molar-refractivity contribution in [2.75, 3.05) is 0 Å². The first-order valence-corrected chi connectivity index (χ1v) is 17.7. The molecule has 0 saturated carbocycles. The summed E-state index contributed by atoms with van der Waals surface area (Å²) in [6.07, 6.45) is 0. The summed E-state index contributed by atoms with van der Waals surface area (Å²) >= 11 is 0.